The smallest absolute Gasteiger partial charge is 0.138 e. The largest absolute Gasteiger partial charge is 0.506 e. The molecule has 19 heavy (non-hydrogen) atoms. The summed E-state index contributed by atoms with van der Waals surface area (Å²) < 4.78 is 0. The van der Waals surface area contributed by atoms with Crippen LogP contribution >= 0.6 is 0 Å². The van der Waals surface area contributed by atoms with Gasteiger partial charge in [0.15, 0.2) is 0 Å². The topological polar surface area (TPSA) is 36.4 Å². The first-order valence-electron chi connectivity index (χ1n) is 7.57. The van der Waals surface area contributed by atoms with Crippen LogP contribution in [-0.2, 0) is 6.54 Å². The zero-order chi connectivity index (χ0) is 13.7. The Morgan fingerprint density at radius 1 is 1.32 bits per heavy atom. The number of rotatable bonds is 4. The average Bonchev–Trinajstić information content (AvgIpc) is 2.60. The summed E-state index contributed by atoms with van der Waals surface area (Å²) in [6.45, 7) is 7.31. The van der Waals surface area contributed by atoms with Gasteiger partial charge in [0.25, 0.3) is 0 Å². The van der Waals surface area contributed by atoms with Gasteiger partial charge in [-0.25, -0.2) is 0 Å². The molecule has 1 unspecified atom stereocenters. The van der Waals surface area contributed by atoms with Crippen LogP contribution < -0.4 is 0 Å². The number of likely N-dealkylation sites (tertiary alicyclic amines) is 1. The molecule has 106 valence electrons. The molecule has 0 aromatic carbocycles. The molecule has 3 nitrogen and oxygen atoms in total. The van der Waals surface area contributed by atoms with Crippen molar-refractivity contribution in [1.82, 2.24) is 9.88 Å². The zero-order valence-corrected chi connectivity index (χ0v) is 12.2. The van der Waals surface area contributed by atoms with Gasteiger partial charge in [-0.1, -0.05) is 19.8 Å². The molecule has 0 spiro atoms. The van der Waals surface area contributed by atoms with Crippen molar-refractivity contribution in [3.05, 3.63) is 23.5 Å². The van der Waals surface area contributed by atoms with Gasteiger partial charge in [-0.05, 0) is 57.3 Å². The Kier molecular flexibility index (Phi) is 5.20. The van der Waals surface area contributed by atoms with E-state index in [9.17, 15) is 5.11 Å². The second-order valence-electron chi connectivity index (χ2n) is 5.78. The summed E-state index contributed by atoms with van der Waals surface area (Å²) in [4.78, 5) is 6.90. The zero-order valence-electron chi connectivity index (χ0n) is 12.2. The summed E-state index contributed by atoms with van der Waals surface area (Å²) in [6, 6.07) is 3.62. The molecular weight excluding hydrogens is 236 g/mol. The molecule has 0 saturated carbocycles. The number of aryl methyl sites for hydroxylation is 1. The van der Waals surface area contributed by atoms with Crippen molar-refractivity contribution in [1.29, 1.82) is 0 Å². The molecule has 2 heterocycles. The minimum Gasteiger partial charge on any atom is -0.506 e. The van der Waals surface area contributed by atoms with E-state index < -0.39 is 0 Å². The monoisotopic (exact) mass is 262 g/mol. The van der Waals surface area contributed by atoms with E-state index in [0.29, 0.717) is 5.75 Å². The van der Waals surface area contributed by atoms with Crippen LogP contribution in [0.25, 0.3) is 0 Å². The third-order valence-corrected chi connectivity index (χ3v) is 4.10. The van der Waals surface area contributed by atoms with Crippen molar-refractivity contribution in [2.45, 2.75) is 52.5 Å². The van der Waals surface area contributed by atoms with E-state index in [1.165, 1.54) is 32.1 Å². The molecule has 0 radical (unpaired) electrons. The van der Waals surface area contributed by atoms with Gasteiger partial charge < -0.3 is 5.11 Å². The second kappa shape index (κ2) is 6.90. The minimum atomic E-state index is 0.333. The highest BCUT2D eigenvalue weighted by molar-refractivity contribution is 5.27. The Labute approximate surface area is 116 Å². The Balaban J connectivity index is 1.94. The van der Waals surface area contributed by atoms with Gasteiger partial charge in [-0.15, -0.1) is 0 Å². The van der Waals surface area contributed by atoms with Crippen LogP contribution in [0, 0.1) is 12.8 Å². The Bertz CT molecular complexity index is 406. The predicted molar refractivity (Wildman–Crippen MR) is 78.2 cm³/mol. The molecule has 0 aliphatic carbocycles. The molecule has 1 atom stereocenters. The van der Waals surface area contributed by atoms with Crippen LogP contribution in [0.2, 0.25) is 0 Å². The van der Waals surface area contributed by atoms with E-state index >= 15 is 0 Å². The molecule has 2 rings (SSSR count). The summed E-state index contributed by atoms with van der Waals surface area (Å²) in [5.74, 6) is 1.23. The fraction of sp³-hybridized carbons (Fsp3) is 0.688. The van der Waals surface area contributed by atoms with Gasteiger partial charge >= 0.3 is 0 Å². The van der Waals surface area contributed by atoms with Crippen LogP contribution in [0.1, 0.15) is 50.4 Å². The number of aromatic nitrogens is 1. The third-order valence-electron chi connectivity index (χ3n) is 4.10. The molecule has 1 aliphatic heterocycles. The molecule has 3 heteroatoms. The molecule has 1 aromatic rings. The highest BCUT2D eigenvalue weighted by Crippen LogP contribution is 2.24. The predicted octanol–water partition coefficient (Wildman–Crippen LogP) is 3.50. The SMILES string of the molecule is CCCC1CCCN(Cc2nc(C)ccc2O)CC1. The first-order chi connectivity index (χ1) is 9.19. The van der Waals surface area contributed by atoms with Crippen molar-refractivity contribution in [3.8, 4) is 5.75 Å². The van der Waals surface area contributed by atoms with Crippen LogP contribution in [0.4, 0.5) is 0 Å². The van der Waals surface area contributed by atoms with Crippen molar-refractivity contribution < 1.29 is 5.11 Å². The lowest BCUT2D eigenvalue weighted by molar-refractivity contribution is 0.263. The van der Waals surface area contributed by atoms with Crippen molar-refractivity contribution in [3.63, 3.8) is 0 Å². The minimum absolute atomic E-state index is 0.333. The fourth-order valence-corrected chi connectivity index (χ4v) is 3.01. The van der Waals surface area contributed by atoms with Gasteiger partial charge in [0.05, 0.1) is 5.69 Å². The standard InChI is InChI=1S/C16H26N2O/c1-3-5-14-6-4-10-18(11-9-14)12-15-16(19)8-7-13(2)17-15/h7-8,14,19H,3-6,9-12H2,1-2H3. The molecule has 1 fully saturated rings. The third kappa shape index (κ3) is 4.20. The maximum absolute atomic E-state index is 9.88. The van der Waals surface area contributed by atoms with E-state index in [1.807, 2.05) is 13.0 Å². The molecule has 1 aliphatic rings. The van der Waals surface area contributed by atoms with Crippen LogP contribution in [0.15, 0.2) is 12.1 Å². The van der Waals surface area contributed by atoms with Crippen LogP contribution in [0.3, 0.4) is 0 Å². The number of nitrogens with zero attached hydrogens (tertiary/aromatic N) is 2. The number of pyridine rings is 1. The average molecular weight is 262 g/mol. The van der Waals surface area contributed by atoms with Crippen molar-refractivity contribution >= 4 is 0 Å². The van der Waals surface area contributed by atoms with Gasteiger partial charge in [-0.3, -0.25) is 9.88 Å². The first kappa shape index (κ1) is 14.3. The summed E-state index contributed by atoms with van der Waals surface area (Å²) in [6.07, 6.45) is 6.59. The summed E-state index contributed by atoms with van der Waals surface area (Å²) >= 11 is 0. The summed E-state index contributed by atoms with van der Waals surface area (Å²) in [7, 11) is 0. The maximum Gasteiger partial charge on any atom is 0.138 e. The van der Waals surface area contributed by atoms with Gasteiger partial charge in [0.2, 0.25) is 0 Å². The lowest BCUT2D eigenvalue weighted by atomic mass is 9.96. The second-order valence-corrected chi connectivity index (χ2v) is 5.78. The highest BCUT2D eigenvalue weighted by Gasteiger charge is 2.17. The number of hydrogen-bond acceptors (Lipinski definition) is 3. The van der Waals surface area contributed by atoms with E-state index in [2.05, 4.69) is 16.8 Å². The first-order valence-corrected chi connectivity index (χ1v) is 7.57. The molecule has 0 amide bonds. The van der Waals surface area contributed by atoms with Gasteiger partial charge in [0.1, 0.15) is 5.75 Å². The number of aromatic hydroxyl groups is 1. The number of hydrogen-bond donors (Lipinski definition) is 1. The van der Waals surface area contributed by atoms with Crippen molar-refractivity contribution in [2.24, 2.45) is 5.92 Å². The molecular formula is C16H26N2O. The Morgan fingerprint density at radius 2 is 2.16 bits per heavy atom. The molecule has 1 saturated heterocycles. The van der Waals surface area contributed by atoms with E-state index in [4.69, 9.17) is 0 Å². The quantitative estimate of drug-likeness (QED) is 0.902. The Morgan fingerprint density at radius 3 is 2.95 bits per heavy atom. The highest BCUT2D eigenvalue weighted by atomic mass is 16.3. The van der Waals surface area contributed by atoms with E-state index in [-0.39, 0.29) is 0 Å². The van der Waals surface area contributed by atoms with Crippen LogP contribution in [0.5, 0.6) is 5.75 Å². The van der Waals surface area contributed by atoms with E-state index in [0.717, 1.165) is 36.9 Å². The van der Waals surface area contributed by atoms with Crippen LogP contribution in [-0.4, -0.2) is 28.1 Å². The molecule has 1 N–H and O–H groups in total. The van der Waals surface area contributed by atoms with Gasteiger partial charge in [0, 0.05) is 12.2 Å². The fourth-order valence-electron chi connectivity index (χ4n) is 3.01. The summed E-state index contributed by atoms with van der Waals surface area (Å²) in [5.41, 5.74) is 1.81. The lowest BCUT2D eigenvalue weighted by Crippen LogP contribution is -2.25. The van der Waals surface area contributed by atoms with Gasteiger partial charge in [-0.2, -0.15) is 0 Å². The molecule has 1 aromatic heterocycles. The molecule has 0 bridgehead atoms. The summed E-state index contributed by atoms with van der Waals surface area (Å²) in [5, 5.41) is 9.88. The van der Waals surface area contributed by atoms with Crippen molar-refractivity contribution in [2.75, 3.05) is 13.1 Å². The lowest BCUT2D eigenvalue weighted by Gasteiger charge is -2.20. The van der Waals surface area contributed by atoms with E-state index in [1.54, 1.807) is 6.07 Å². The maximum atomic E-state index is 9.88. The Hall–Kier alpha value is -1.09. The normalized spacial score (nSPS) is 21.3.